The van der Waals surface area contributed by atoms with Crippen molar-refractivity contribution in [3.8, 4) is 0 Å². The number of para-hydroxylation sites is 1. The maximum Gasteiger partial charge on any atom is 0.227 e. The van der Waals surface area contributed by atoms with Crippen molar-refractivity contribution in [2.24, 2.45) is 5.92 Å². The maximum absolute atomic E-state index is 13.8. The minimum Gasteiger partial charge on any atom is -0.339 e. The molecule has 0 saturated carbocycles. The summed E-state index contributed by atoms with van der Waals surface area (Å²) in [5.41, 5.74) is 5.47. The lowest BCUT2D eigenvalue weighted by molar-refractivity contribution is -0.121. The molecule has 5 heteroatoms. The highest BCUT2D eigenvalue weighted by atomic mass is 19.1. The Kier molecular flexibility index (Phi) is 6.96. The van der Waals surface area contributed by atoms with Crippen LogP contribution in [0.2, 0.25) is 0 Å². The molecule has 2 heterocycles. The highest BCUT2D eigenvalue weighted by Crippen LogP contribution is 2.26. The molecular weight excluding hydrogens is 437 g/mol. The topological polar surface area (TPSA) is 37.3 Å². The number of carbonyl (C=O) groups is 1. The smallest absolute Gasteiger partial charge is 0.227 e. The van der Waals surface area contributed by atoms with Gasteiger partial charge in [-0.3, -0.25) is 9.69 Å². The Labute approximate surface area is 206 Å². The molecule has 1 N–H and O–H groups in total. The molecule has 0 unspecified atom stereocenters. The quantitative estimate of drug-likeness (QED) is 0.348. The zero-order chi connectivity index (χ0) is 24.2. The van der Waals surface area contributed by atoms with E-state index in [1.54, 1.807) is 12.1 Å². The van der Waals surface area contributed by atoms with Crippen molar-refractivity contribution in [2.75, 3.05) is 18.4 Å². The lowest BCUT2D eigenvalue weighted by atomic mass is 9.95. The number of likely N-dealkylation sites (tertiary alicyclic amines) is 1. The molecule has 5 rings (SSSR count). The van der Waals surface area contributed by atoms with Gasteiger partial charge in [-0.05, 0) is 85.3 Å². The highest BCUT2D eigenvalue weighted by Gasteiger charge is 2.26. The van der Waals surface area contributed by atoms with Crippen LogP contribution in [0.3, 0.4) is 0 Å². The summed E-state index contributed by atoms with van der Waals surface area (Å²) in [6.07, 6.45) is 2.69. The molecule has 0 bridgehead atoms. The molecule has 3 aromatic carbocycles. The van der Waals surface area contributed by atoms with E-state index in [9.17, 15) is 9.18 Å². The Morgan fingerprint density at radius 2 is 1.69 bits per heavy atom. The van der Waals surface area contributed by atoms with Crippen LogP contribution in [0, 0.1) is 11.7 Å². The van der Waals surface area contributed by atoms with Gasteiger partial charge in [0.1, 0.15) is 5.82 Å². The van der Waals surface area contributed by atoms with Crippen molar-refractivity contribution in [3.63, 3.8) is 0 Å². The highest BCUT2D eigenvalue weighted by molar-refractivity contribution is 5.92. The molecule has 0 radical (unpaired) electrons. The minimum absolute atomic E-state index is 0.0373. The number of rotatable bonds is 7. The third kappa shape index (κ3) is 5.46. The average Bonchev–Trinajstić information content (AvgIpc) is 3.21. The number of nitrogens with one attached hydrogen (secondary N) is 1. The Morgan fingerprint density at radius 1 is 0.914 bits per heavy atom. The van der Waals surface area contributed by atoms with E-state index in [2.05, 4.69) is 58.1 Å². The van der Waals surface area contributed by atoms with E-state index in [4.69, 9.17) is 0 Å². The summed E-state index contributed by atoms with van der Waals surface area (Å²) in [6.45, 7) is 5.35. The van der Waals surface area contributed by atoms with Crippen LogP contribution in [0.15, 0.2) is 78.9 Å². The second-order valence-electron chi connectivity index (χ2n) is 9.50. The lowest BCUT2D eigenvalue weighted by Gasteiger charge is -2.31. The second-order valence-corrected chi connectivity index (χ2v) is 9.50. The molecule has 1 amide bonds. The summed E-state index contributed by atoms with van der Waals surface area (Å²) in [5, 5.41) is 4.29. The number of piperidine rings is 1. The fraction of sp³-hybridized carbons (Fsp3) is 0.300. The van der Waals surface area contributed by atoms with Crippen LogP contribution in [0.4, 0.5) is 10.1 Å². The predicted octanol–water partition coefficient (Wildman–Crippen LogP) is 6.24. The molecule has 1 aromatic heterocycles. The van der Waals surface area contributed by atoms with Crippen LogP contribution in [-0.2, 0) is 24.3 Å². The van der Waals surface area contributed by atoms with E-state index in [1.807, 2.05) is 24.3 Å². The molecule has 0 atom stereocenters. The molecule has 35 heavy (non-hydrogen) atoms. The van der Waals surface area contributed by atoms with Crippen LogP contribution in [-0.4, -0.2) is 28.5 Å². The van der Waals surface area contributed by atoms with Gasteiger partial charge < -0.3 is 9.88 Å². The Hall–Kier alpha value is -3.44. The summed E-state index contributed by atoms with van der Waals surface area (Å²) in [5.74, 6) is -0.0495. The standard InChI is InChI=1S/C30H32FN3O/c1-2-22-10-12-27(13-11-22)32-30(35)24-14-16-33(17-15-24)21-28-19-25-7-3-4-9-29(25)34(28)20-23-6-5-8-26(31)18-23/h3-13,18-19,24H,2,14-17,20-21H2,1H3,(H,32,35). The van der Waals surface area contributed by atoms with E-state index in [0.29, 0.717) is 6.54 Å². The Balaban J connectivity index is 1.24. The van der Waals surface area contributed by atoms with Crippen molar-refractivity contribution < 1.29 is 9.18 Å². The van der Waals surface area contributed by atoms with Gasteiger partial charge in [0.15, 0.2) is 0 Å². The first-order valence-electron chi connectivity index (χ1n) is 12.5. The van der Waals surface area contributed by atoms with Crippen molar-refractivity contribution >= 4 is 22.5 Å². The van der Waals surface area contributed by atoms with Gasteiger partial charge in [0.25, 0.3) is 0 Å². The lowest BCUT2D eigenvalue weighted by Crippen LogP contribution is -2.38. The summed E-state index contributed by atoms with van der Waals surface area (Å²) in [7, 11) is 0. The third-order valence-corrected chi connectivity index (χ3v) is 7.10. The van der Waals surface area contributed by atoms with E-state index < -0.39 is 0 Å². The maximum atomic E-state index is 13.8. The fourth-order valence-electron chi connectivity index (χ4n) is 5.05. The number of amides is 1. The normalized spacial score (nSPS) is 14.9. The molecule has 1 saturated heterocycles. The third-order valence-electron chi connectivity index (χ3n) is 7.10. The summed E-state index contributed by atoms with van der Waals surface area (Å²) in [4.78, 5) is 15.3. The van der Waals surface area contributed by atoms with Gasteiger partial charge in [0.05, 0.1) is 0 Å². The van der Waals surface area contributed by atoms with Crippen molar-refractivity contribution in [1.82, 2.24) is 9.47 Å². The zero-order valence-electron chi connectivity index (χ0n) is 20.2. The number of fused-ring (bicyclic) bond motifs is 1. The van der Waals surface area contributed by atoms with E-state index in [0.717, 1.165) is 55.7 Å². The molecule has 0 spiro atoms. The van der Waals surface area contributed by atoms with E-state index in [1.165, 1.54) is 22.7 Å². The summed E-state index contributed by atoms with van der Waals surface area (Å²) >= 11 is 0. The first-order chi connectivity index (χ1) is 17.1. The summed E-state index contributed by atoms with van der Waals surface area (Å²) in [6, 6.07) is 25.6. The zero-order valence-corrected chi connectivity index (χ0v) is 20.2. The number of carbonyl (C=O) groups excluding carboxylic acids is 1. The molecule has 180 valence electrons. The van der Waals surface area contributed by atoms with Gasteiger partial charge in [-0.15, -0.1) is 0 Å². The van der Waals surface area contributed by atoms with Crippen LogP contribution in [0.25, 0.3) is 10.9 Å². The van der Waals surface area contributed by atoms with Gasteiger partial charge in [-0.25, -0.2) is 4.39 Å². The first-order valence-corrected chi connectivity index (χ1v) is 12.5. The van der Waals surface area contributed by atoms with Gasteiger partial charge in [0, 0.05) is 35.9 Å². The number of hydrogen-bond donors (Lipinski definition) is 1. The first kappa shape index (κ1) is 23.3. The molecule has 1 fully saturated rings. The number of aryl methyl sites for hydroxylation is 1. The van der Waals surface area contributed by atoms with Crippen molar-refractivity contribution in [3.05, 3.63) is 102 Å². The molecular formula is C30H32FN3O. The number of hydrogen-bond acceptors (Lipinski definition) is 2. The summed E-state index contributed by atoms with van der Waals surface area (Å²) < 4.78 is 16.1. The Bertz CT molecular complexity index is 1300. The van der Waals surface area contributed by atoms with E-state index in [-0.39, 0.29) is 17.6 Å². The van der Waals surface area contributed by atoms with Gasteiger partial charge in [0.2, 0.25) is 5.91 Å². The van der Waals surface area contributed by atoms with Crippen LogP contribution < -0.4 is 5.32 Å². The molecule has 1 aliphatic heterocycles. The number of aromatic nitrogens is 1. The Morgan fingerprint density at radius 3 is 2.43 bits per heavy atom. The molecule has 1 aliphatic rings. The van der Waals surface area contributed by atoms with Gasteiger partial charge >= 0.3 is 0 Å². The fourth-order valence-corrected chi connectivity index (χ4v) is 5.05. The number of halogens is 1. The monoisotopic (exact) mass is 469 g/mol. The number of nitrogens with zero attached hydrogens (tertiary/aromatic N) is 2. The van der Waals surface area contributed by atoms with Gasteiger partial charge in [-0.1, -0.05) is 49.4 Å². The van der Waals surface area contributed by atoms with Crippen LogP contribution in [0.5, 0.6) is 0 Å². The molecule has 4 aromatic rings. The number of benzene rings is 3. The van der Waals surface area contributed by atoms with Gasteiger partial charge in [-0.2, -0.15) is 0 Å². The SMILES string of the molecule is CCc1ccc(NC(=O)C2CCN(Cc3cc4ccccc4n3Cc3cccc(F)c3)CC2)cc1. The predicted molar refractivity (Wildman–Crippen MR) is 140 cm³/mol. The van der Waals surface area contributed by atoms with Crippen LogP contribution in [0.1, 0.15) is 36.6 Å². The minimum atomic E-state index is -0.206. The van der Waals surface area contributed by atoms with Crippen molar-refractivity contribution in [1.29, 1.82) is 0 Å². The molecule has 4 nitrogen and oxygen atoms in total. The van der Waals surface area contributed by atoms with E-state index >= 15 is 0 Å². The van der Waals surface area contributed by atoms with Crippen LogP contribution >= 0.6 is 0 Å². The second kappa shape index (κ2) is 10.4. The number of anilines is 1. The van der Waals surface area contributed by atoms with Crippen molar-refractivity contribution in [2.45, 2.75) is 39.3 Å². The average molecular weight is 470 g/mol. The largest absolute Gasteiger partial charge is 0.339 e. The molecule has 0 aliphatic carbocycles.